The normalized spacial score (nSPS) is 17.5. The molecule has 1 saturated heterocycles. The van der Waals surface area contributed by atoms with E-state index >= 15 is 0 Å². The summed E-state index contributed by atoms with van der Waals surface area (Å²) in [5.74, 6) is -0.390. The first kappa shape index (κ1) is 16.6. The van der Waals surface area contributed by atoms with Gasteiger partial charge in [0, 0.05) is 24.8 Å². The molecule has 2 heterocycles. The summed E-state index contributed by atoms with van der Waals surface area (Å²) in [5, 5.41) is 0. The molecule has 0 radical (unpaired) electrons. The highest BCUT2D eigenvalue weighted by Crippen LogP contribution is 2.32. The number of halogens is 1. The van der Waals surface area contributed by atoms with Gasteiger partial charge in [0.2, 0.25) is 0 Å². The minimum absolute atomic E-state index is 0.00374. The first-order chi connectivity index (χ1) is 11.5. The number of carbonyl (C=O) groups is 1. The van der Waals surface area contributed by atoms with E-state index in [2.05, 4.69) is 16.0 Å². The van der Waals surface area contributed by atoms with Crippen molar-refractivity contribution < 1.29 is 9.18 Å². The third-order valence-corrected chi connectivity index (χ3v) is 4.29. The topological polar surface area (TPSA) is 36.4 Å². The van der Waals surface area contributed by atoms with Crippen LogP contribution in [0.2, 0.25) is 0 Å². The van der Waals surface area contributed by atoms with E-state index in [1.807, 2.05) is 31.3 Å². The quantitative estimate of drug-likeness (QED) is 0.865. The van der Waals surface area contributed by atoms with Gasteiger partial charge < -0.3 is 9.80 Å². The molecule has 4 nitrogen and oxygen atoms in total. The third-order valence-electron chi connectivity index (χ3n) is 4.29. The van der Waals surface area contributed by atoms with E-state index in [0.29, 0.717) is 12.1 Å². The number of aromatic nitrogens is 1. The highest BCUT2D eigenvalue weighted by molar-refractivity contribution is 5.94. The molecule has 0 saturated carbocycles. The Hall–Kier alpha value is -2.27. The van der Waals surface area contributed by atoms with Gasteiger partial charge in [-0.1, -0.05) is 6.07 Å². The van der Waals surface area contributed by atoms with Crippen molar-refractivity contribution in [2.24, 2.45) is 0 Å². The summed E-state index contributed by atoms with van der Waals surface area (Å²) >= 11 is 0. The second kappa shape index (κ2) is 7.09. The maximum atomic E-state index is 13.1. The Morgan fingerprint density at radius 1 is 1.25 bits per heavy atom. The van der Waals surface area contributed by atoms with Crippen LogP contribution in [0, 0.1) is 5.82 Å². The number of carbonyl (C=O) groups excluding carboxylic acids is 1. The lowest BCUT2D eigenvalue weighted by Crippen LogP contribution is -2.31. The number of hydrogen-bond donors (Lipinski definition) is 0. The second-order valence-corrected chi connectivity index (χ2v) is 6.49. The molecular weight excluding hydrogens is 305 g/mol. The Kier molecular flexibility index (Phi) is 4.90. The van der Waals surface area contributed by atoms with Crippen molar-refractivity contribution in [3.63, 3.8) is 0 Å². The molecule has 0 spiro atoms. The predicted octanol–water partition coefficient (Wildman–Crippen LogP) is 3.26. The number of hydrogen-bond acceptors (Lipinski definition) is 3. The molecule has 0 unspecified atom stereocenters. The molecule has 1 aromatic heterocycles. The standard InChI is InChI=1S/C19H22FN3O/c1-22(2)13-14-5-10-17(21-12-14)18-4-3-11-23(18)19(24)15-6-8-16(20)9-7-15/h5-10,12,18H,3-4,11,13H2,1-2H3/t18-/m0/s1. The van der Waals surface area contributed by atoms with Crippen LogP contribution >= 0.6 is 0 Å². The Morgan fingerprint density at radius 3 is 2.62 bits per heavy atom. The van der Waals surface area contributed by atoms with Gasteiger partial charge in [0.1, 0.15) is 5.82 Å². The average molecular weight is 327 g/mol. The van der Waals surface area contributed by atoms with E-state index in [4.69, 9.17) is 0 Å². The van der Waals surface area contributed by atoms with Crippen molar-refractivity contribution >= 4 is 5.91 Å². The summed E-state index contributed by atoms with van der Waals surface area (Å²) in [6.07, 6.45) is 3.75. The highest BCUT2D eigenvalue weighted by Gasteiger charge is 2.31. The van der Waals surface area contributed by atoms with Crippen LogP contribution in [-0.2, 0) is 6.54 Å². The lowest BCUT2D eigenvalue weighted by atomic mass is 10.1. The molecule has 1 aliphatic heterocycles. The van der Waals surface area contributed by atoms with Gasteiger partial charge in [-0.15, -0.1) is 0 Å². The molecular formula is C19H22FN3O. The zero-order valence-corrected chi connectivity index (χ0v) is 14.1. The zero-order valence-electron chi connectivity index (χ0n) is 14.1. The van der Waals surface area contributed by atoms with E-state index in [1.54, 1.807) is 12.1 Å². The fourth-order valence-corrected chi connectivity index (χ4v) is 3.17. The van der Waals surface area contributed by atoms with Crippen molar-refractivity contribution in [2.75, 3.05) is 20.6 Å². The number of rotatable bonds is 4. The van der Waals surface area contributed by atoms with Gasteiger partial charge in [0.25, 0.3) is 5.91 Å². The lowest BCUT2D eigenvalue weighted by Gasteiger charge is -2.24. The number of benzene rings is 1. The molecule has 1 aromatic carbocycles. The van der Waals surface area contributed by atoms with Gasteiger partial charge in [-0.2, -0.15) is 0 Å². The van der Waals surface area contributed by atoms with Gasteiger partial charge in [-0.25, -0.2) is 4.39 Å². The maximum Gasteiger partial charge on any atom is 0.254 e. The summed E-state index contributed by atoms with van der Waals surface area (Å²) < 4.78 is 13.1. The molecule has 1 amide bonds. The van der Waals surface area contributed by atoms with E-state index in [-0.39, 0.29) is 17.8 Å². The third kappa shape index (κ3) is 3.62. The zero-order chi connectivity index (χ0) is 17.1. The number of pyridine rings is 1. The van der Waals surface area contributed by atoms with Crippen molar-refractivity contribution in [3.05, 3.63) is 65.2 Å². The summed E-state index contributed by atoms with van der Waals surface area (Å²) in [7, 11) is 4.04. The summed E-state index contributed by atoms with van der Waals surface area (Å²) in [4.78, 5) is 21.2. The summed E-state index contributed by atoms with van der Waals surface area (Å²) in [6.45, 7) is 1.55. The molecule has 5 heteroatoms. The van der Waals surface area contributed by atoms with Gasteiger partial charge in [0.15, 0.2) is 0 Å². The molecule has 126 valence electrons. The van der Waals surface area contributed by atoms with Crippen LogP contribution in [0.3, 0.4) is 0 Å². The maximum absolute atomic E-state index is 13.1. The van der Waals surface area contributed by atoms with Crippen LogP contribution in [-0.4, -0.2) is 41.3 Å². The Balaban J connectivity index is 1.77. The van der Waals surface area contributed by atoms with Gasteiger partial charge >= 0.3 is 0 Å². The van der Waals surface area contributed by atoms with Crippen LogP contribution in [0.4, 0.5) is 4.39 Å². The van der Waals surface area contributed by atoms with Crippen LogP contribution in [0.1, 0.15) is 40.5 Å². The molecule has 0 bridgehead atoms. The smallest absolute Gasteiger partial charge is 0.254 e. The van der Waals surface area contributed by atoms with E-state index in [0.717, 1.165) is 30.6 Å². The largest absolute Gasteiger partial charge is 0.330 e. The lowest BCUT2D eigenvalue weighted by molar-refractivity contribution is 0.0733. The van der Waals surface area contributed by atoms with Gasteiger partial charge in [-0.3, -0.25) is 9.78 Å². The number of amides is 1. The number of likely N-dealkylation sites (tertiary alicyclic amines) is 1. The SMILES string of the molecule is CN(C)Cc1ccc([C@@H]2CCCN2C(=O)c2ccc(F)cc2)nc1. The average Bonchev–Trinajstić information content (AvgIpc) is 3.04. The minimum atomic E-state index is -0.331. The van der Waals surface area contributed by atoms with E-state index in [9.17, 15) is 9.18 Å². The van der Waals surface area contributed by atoms with Crippen molar-refractivity contribution in [3.8, 4) is 0 Å². The molecule has 24 heavy (non-hydrogen) atoms. The minimum Gasteiger partial charge on any atom is -0.330 e. The molecule has 0 aliphatic carbocycles. The molecule has 1 aliphatic rings. The Labute approximate surface area is 141 Å². The molecule has 2 aromatic rings. The van der Waals surface area contributed by atoms with Crippen LogP contribution < -0.4 is 0 Å². The van der Waals surface area contributed by atoms with Crippen LogP contribution in [0.5, 0.6) is 0 Å². The molecule has 0 N–H and O–H groups in total. The molecule has 3 rings (SSSR count). The first-order valence-corrected chi connectivity index (χ1v) is 8.20. The van der Waals surface area contributed by atoms with E-state index < -0.39 is 0 Å². The fraction of sp³-hybridized carbons (Fsp3) is 0.368. The predicted molar refractivity (Wildman–Crippen MR) is 91.0 cm³/mol. The molecule has 1 atom stereocenters. The highest BCUT2D eigenvalue weighted by atomic mass is 19.1. The van der Waals surface area contributed by atoms with Crippen molar-refractivity contribution in [1.29, 1.82) is 0 Å². The van der Waals surface area contributed by atoms with Gasteiger partial charge in [-0.05, 0) is 62.8 Å². The Morgan fingerprint density at radius 2 is 2.00 bits per heavy atom. The van der Waals surface area contributed by atoms with Gasteiger partial charge in [0.05, 0.1) is 11.7 Å². The van der Waals surface area contributed by atoms with E-state index in [1.165, 1.54) is 12.1 Å². The summed E-state index contributed by atoms with van der Waals surface area (Å²) in [5.41, 5.74) is 2.59. The fourth-order valence-electron chi connectivity index (χ4n) is 3.17. The van der Waals surface area contributed by atoms with Crippen LogP contribution in [0.15, 0.2) is 42.6 Å². The monoisotopic (exact) mass is 327 g/mol. The number of nitrogens with zero attached hydrogens (tertiary/aromatic N) is 3. The summed E-state index contributed by atoms with van der Waals surface area (Å²) in [6, 6.07) is 9.82. The molecule has 1 fully saturated rings. The van der Waals surface area contributed by atoms with Crippen LogP contribution in [0.25, 0.3) is 0 Å². The second-order valence-electron chi connectivity index (χ2n) is 6.49. The first-order valence-electron chi connectivity index (χ1n) is 8.20. The Bertz CT molecular complexity index is 698. The van der Waals surface area contributed by atoms with Crippen molar-refractivity contribution in [2.45, 2.75) is 25.4 Å². The van der Waals surface area contributed by atoms with Crippen molar-refractivity contribution in [1.82, 2.24) is 14.8 Å².